The zero-order chi connectivity index (χ0) is 14.5. The molecule has 104 valence electrons. The Balaban J connectivity index is 2.65. The van der Waals surface area contributed by atoms with Gasteiger partial charge in [0.1, 0.15) is 5.75 Å². The number of halogens is 2. The second-order valence-corrected chi connectivity index (χ2v) is 5.27. The third-order valence-corrected chi connectivity index (χ3v) is 2.39. The van der Waals surface area contributed by atoms with Gasteiger partial charge in [0, 0.05) is 6.08 Å². The molecule has 0 saturated carbocycles. The molecule has 1 aromatic carbocycles. The summed E-state index contributed by atoms with van der Waals surface area (Å²) in [5.74, 6) is -0.803. The average Bonchev–Trinajstić information content (AvgIpc) is 2.25. The second-order valence-electron chi connectivity index (χ2n) is 3.52. The molecule has 0 atom stereocenters. The first-order valence-electron chi connectivity index (χ1n) is 5.01. The molecule has 1 aromatic rings. The van der Waals surface area contributed by atoms with Gasteiger partial charge in [0.05, 0.1) is 6.26 Å². The number of amides is 1. The van der Waals surface area contributed by atoms with Crippen molar-refractivity contribution in [2.75, 3.05) is 6.26 Å². The monoisotopic (exact) mass is 291 g/mol. The van der Waals surface area contributed by atoms with Crippen LogP contribution in [-0.4, -0.2) is 27.2 Å². The van der Waals surface area contributed by atoms with Crippen LogP contribution in [0.5, 0.6) is 5.75 Å². The SMILES string of the molecule is CS(=O)(=O)NC(=O)C=Cc1ccc(OC(F)F)cc1. The van der Waals surface area contributed by atoms with Crippen molar-refractivity contribution in [1.82, 2.24) is 4.72 Å². The van der Waals surface area contributed by atoms with E-state index in [9.17, 15) is 22.0 Å². The Kier molecular flexibility index (Phi) is 4.99. The molecule has 0 aromatic heterocycles. The summed E-state index contributed by atoms with van der Waals surface area (Å²) in [7, 11) is -3.60. The van der Waals surface area contributed by atoms with Crippen molar-refractivity contribution in [3.63, 3.8) is 0 Å². The van der Waals surface area contributed by atoms with Crippen molar-refractivity contribution in [2.45, 2.75) is 6.61 Å². The van der Waals surface area contributed by atoms with E-state index < -0.39 is 22.5 Å². The number of ether oxygens (including phenoxy) is 1. The zero-order valence-electron chi connectivity index (χ0n) is 9.84. The molecule has 0 fully saturated rings. The molecule has 1 rings (SSSR count). The smallest absolute Gasteiger partial charge is 0.387 e. The largest absolute Gasteiger partial charge is 0.435 e. The van der Waals surface area contributed by atoms with E-state index in [2.05, 4.69) is 4.74 Å². The van der Waals surface area contributed by atoms with Gasteiger partial charge in [-0.25, -0.2) is 13.1 Å². The van der Waals surface area contributed by atoms with E-state index in [1.54, 1.807) is 4.72 Å². The van der Waals surface area contributed by atoms with Crippen molar-refractivity contribution < 1.29 is 26.7 Å². The lowest BCUT2D eigenvalue weighted by Gasteiger charge is -2.03. The molecule has 0 spiro atoms. The third kappa shape index (κ3) is 6.51. The van der Waals surface area contributed by atoms with E-state index in [4.69, 9.17) is 0 Å². The normalized spacial score (nSPS) is 11.8. The first-order chi connectivity index (χ1) is 8.76. The van der Waals surface area contributed by atoms with E-state index in [0.29, 0.717) is 5.56 Å². The summed E-state index contributed by atoms with van der Waals surface area (Å²) in [6.45, 7) is -2.90. The van der Waals surface area contributed by atoms with Gasteiger partial charge in [0.15, 0.2) is 0 Å². The van der Waals surface area contributed by atoms with Crippen molar-refractivity contribution >= 4 is 22.0 Å². The Labute approximate surface area is 108 Å². The molecule has 0 heterocycles. The molecule has 1 amide bonds. The summed E-state index contributed by atoms with van der Waals surface area (Å²) in [6.07, 6.45) is 3.21. The Bertz CT molecular complexity index is 567. The quantitative estimate of drug-likeness (QED) is 0.832. The summed E-state index contributed by atoms with van der Waals surface area (Å²) >= 11 is 0. The van der Waals surface area contributed by atoms with Gasteiger partial charge in [-0.3, -0.25) is 4.79 Å². The number of rotatable bonds is 5. The first kappa shape index (κ1) is 15.1. The topological polar surface area (TPSA) is 72.5 Å². The van der Waals surface area contributed by atoms with Gasteiger partial charge in [0.2, 0.25) is 10.0 Å². The molecule has 0 aliphatic carbocycles. The predicted octanol–water partition coefficient (Wildman–Crippen LogP) is 1.38. The van der Waals surface area contributed by atoms with Crippen LogP contribution in [0.2, 0.25) is 0 Å². The Hall–Kier alpha value is -1.96. The van der Waals surface area contributed by atoms with Crippen LogP contribution in [-0.2, 0) is 14.8 Å². The molecular weight excluding hydrogens is 280 g/mol. The fraction of sp³-hybridized carbons (Fsp3) is 0.182. The standard InChI is InChI=1S/C11H11F2NO4S/c1-19(16,17)14-10(15)7-4-8-2-5-9(6-3-8)18-11(12)13/h2-7,11H,1H3,(H,14,15). The highest BCUT2D eigenvalue weighted by Gasteiger charge is 2.05. The van der Waals surface area contributed by atoms with Gasteiger partial charge in [0.25, 0.3) is 5.91 Å². The number of nitrogens with one attached hydrogen (secondary N) is 1. The minimum Gasteiger partial charge on any atom is -0.435 e. The lowest BCUT2D eigenvalue weighted by molar-refractivity contribution is -0.114. The van der Waals surface area contributed by atoms with E-state index in [-0.39, 0.29) is 5.75 Å². The molecule has 8 heteroatoms. The predicted molar refractivity (Wildman–Crippen MR) is 65.1 cm³/mol. The highest BCUT2D eigenvalue weighted by molar-refractivity contribution is 7.89. The molecule has 0 saturated heterocycles. The number of alkyl halides is 2. The molecule has 0 bridgehead atoms. The van der Waals surface area contributed by atoms with Crippen LogP contribution in [0.1, 0.15) is 5.56 Å². The molecule has 0 unspecified atom stereocenters. The maximum Gasteiger partial charge on any atom is 0.387 e. The van der Waals surface area contributed by atoms with Crippen LogP contribution in [0.4, 0.5) is 8.78 Å². The van der Waals surface area contributed by atoms with Crippen LogP contribution in [0.25, 0.3) is 6.08 Å². The summed E-state index contributed by atoms with van der Waals surface area (Å²) in [4.78, 5) is 11.1. The zero-order valence-corrected chi connectivity index (χ0v) is 10.7. The molecule has 0 aliphatic heterocycles. The number of hydrogen-bond acceptors (Lipinski definition) is 4. The van der Waals surface area contributed by atoms with Crippen molar-refractivity contribution in [3.05, 3.63) is 35.9 Å². The minimum absolute atomic E-state index is 0.00672. The van der Waals surface area contributed by atoms with Gasteiger partial charge in [-0.1, -0.05) is 12.1 Å². The third-order valence-electron chi connectivity index (χ3n) is 1.82. The molecule has 19 heavy (non-hydrogen) atoms. The van der Waals surface area contributed by atoms with Crippen molar-refractivity contribution in [1.29, 1.82) is 0 Å². The van der Waals surface area contributed by atoms with E-state index in [1.807, 2.05) is 0 Å². The highest BCUT2D eigenvalue weighted by atomic mass is 32.2. The van der Waals surface area contributed by atoms with E-state index in [1.165, 1.54) is 30.3 Å². The molecule has 5 nitrogen and oxygen atoms in total. The summed E-state index contributed by atoms with van der Waals surface area (Å²) in [5.41, 5.74) is 0.533. The van der Waals surface area contributed by atoms with E-state index in [0.717, 1.165) is 12.3 Å². The van der Waals surface area contributed by atoms with Gasteiger partial charge in [-0.15, -0.1) is 0 Å². The molecule has 0 aliphatic rings. The second kappa shape index (κ2) is 6.28. The van der Waals surface area contributed by atoms with Crippen LogP contribution in [0, 0.1) is 0 Å². The summed E-state index contributed by atoms with van der Waals surface area (Å²) in [5, 5.41) is 0. The molecule has 1 N–H and O–H groups in total. The van der Waals surface area contributed by atoms with Crippen LogP contribution in [0.15, 0.2) is 30.3 Å². The fourth-order valence-electron chi connectivity index (χ4n) is 1.15. The maximum atomic E-state index is 11.9. The molecule has 0 radical (unpaired) electrons. The van der Waals surface area contributed by atoms with Gasteiger partial charge < -0.3 is 4.74 Å². The fourth-order valence-corrected chi connectivity index (χ4v) is 1.58. The lowest BCUT2D eigenvalue weighted by Crippen LogP contribution is -2.27. The Morgan fingerprint density at radius 1 is 1.32 bits per heavy atom. The average molecular weight is 291 g/mol. The summed E-state index contributed by atoms with van der Waals surface area (Å²) in [6, 6.07) is 5.50. The van der Waals surface area contributed by atoms with Crippen LogP contribution >= 0.6 is 0 Å². The van der Waals surface area contributed by atoms with Crippen molar-refractivity contribution in [2.24, 2.45) is 0 Å². The number of sulfonamides is 1. The van der Waals surface area contributed by atoms with E-state index >= 15 is 0 Å². The maximum absolute atomic E-state index is 11.9. The lowest BCUT2D eigenvalue weighted by atomic mass is 10.2. The van der Waals surface area contributed by atoms with Gasteiger partial charge >= 0.3 is 6.61 Å². The number of carbonyl (C=O) groups excluding carboxylic acids is 1. The first-order valence-corrected chi connectivity index (χ1v) is 6.90. The Morgan fingerprint density at radius 3 is 2.37 bits per heavy atom. The van der Waals surface area contributed by atoms with Gasteiger partial charge in [-0.2, -0.15) is 8.78 Å². The highest BCUT2D eigenvalue weighted by Crippen LogP contribution is 2.15. The van der Waals surface area contributed by atoms with Crippen molar-refractivity contribution in [3.8, 4) is 5.75 Å². The molecular formula is C11H11F2NO4S. The van der Waals surface area contributed by atoms with Gasteiger partial charge in [-0.05, 0) is 23.8 Å². The number of carbonyl (C=O) groups is 1. The number of hydrogen-bond donors (Lipinski definition) is 1. The minimum atomic E-state index is -3.60. The van der Waals surface area contributed by atoms with Crippen LogP contribution in [0.3, 0.4) is 0 Å². The Morgan fingerprint density at radius 2 is 1.89 bits per heavy atom. The summed E-state index contributed by atoms with van der Waals surface area (Å²) < 4.78 is 51.2. The number of benzene rings is 1. The van der Waals surface area contributed by atoms with Crippen LogP contribution < -0.4 is 9.46 Å².